The van der Waals surface area contributed by atoms with Gasteiger partial charge in [0, 0.05) is 30.7 Å². The first-order valence-electron chi connectivity index (χ1n) is 12.6. The predicted molar refractivity (Wildman–Crippen MR) is 135 cm³/mol. The van der Waals surface area contributed by atoms with E-state index in [2.05, 4.69) is 20.7 Å². The molecule has 36 heavy (non-hydrogen) atoms. The first-order chi connectivity index (χ1) is 17.5. The molecule has 11 heteroatoms. The average molecular weight is 515 g/mol. The summed E-state index contributed by atoms with van der Waals surface area (Å²) in [6.45, 7) is 5.11. The Hall–Kier alpha value is -3.05. The van der Waals surface area contributed by atoms with Crippen LogP contribution in [-0.4, -0.2) is 62.7 Å². The fourth-order valence-electron chi connectivity index (χ4n) is 4.45. The van der Waals surface area contributed by atoms with E-state index in [4.69, 9.17) is 9.15 Å². The van der Waals surface area contributed by atoms with Gasteiger partial charge in [-0.2, -0.15) is 4.80 Å². The van der Waals surface area contributed by atoms with Gasteiger partial charge in [-0.25, -0.2) is 0 Å². The fourth-order valence-corrected chi connectivity index (χ4v) is 5.29. The second kappa shape index (κ2) is 12.8. The van der Waals surface area contributed by atoms with E-state index < -0.39 is 6.04 Å². The summed E-state index contributed by atoms with van der Waals surface area (Å²) in [5, 5.41) is 17.5. The second-order valence-electron chi connectivity index (χ2n) is 8.95. The molecular formula is C25H34N6O4S. The molecule has 194 valence electrons. The maximum atomic E-state index is 13.6. The van der Waals surface area contributed by atoms with Crippen molar-refractivity contribution < 1.29 is 18.7 Å². The van der Waals surface area contributed by atoms with Crippen molar-refractivity contribution in [1.29, 1.82) is 0 Å². The third kappa shape index (κ3) is 6.79. The lowest BCUT2D eigenvalue weighted by Gasteiger charge is -2.32. The normalized spacial score (nSPS) is 15.1. The number of nitrogens with one attached hydrogen (secondary N) is 1. The van der Waals surface area contributed by atoms with Gasteiger partial charge in [0.05, 0.1) is 0 Å². The van der Waals surface area contributed by atoms with Crippen LogP contribution in [0.4, 0.5) is 0 Å². The van der Waals surface area contributed by atoms with Crippen molar-refractivity contribution in [3.63, 3.8) is 0 Å². The summed E-state index contributed by atoms with van der Waals surface area (Å²) < 4.78 is 11.1. The Bertz CT molecular complexity index is 1110. The van der Waals surface area contributed by atoms with Crippen LogP contribution in [-0.2, 0) is 20.9 Å². The van der Waals surface area contributed by atoms with Crippen LogP contribution in [0.3, 0.4) is 0 Å². The third-order valence-electron chi connectivity index (χ3n) is 6.23. The summed E-state index contributed by atoms with van der Waals surface area (Å²) in [6, 6.07) is 6.81. The predicted octanol–water partition coefficient (Wildman–Crippen LogP) is 3.75. The number of tetrazole rings is 1. The zero-order chi connectivity index (χ0) is 25.3. The van der Waals surface area contributed by atoms with Gasteiger partial charge in [-0.1, -0.05) is 25.3 Å². The van der Waals surface area contributed by atoms with Crippen molar-refractivity contribution in [2.75, 3.05) is 19.8 Å². The molecule has 3 aromatic heterocycles. The molecule has 0 aromatic carbocycles. The SMILES string of the molecule is CCOCCCN(C(=O)Cn1nnc(-c2ccc(C)o2)n1)[C@H](C(=O)NC1CCCCC1)c1cccs1. The Labute approximate surface area is 215 Å². The molecule has 2 amide bonds. The van der Waals surface area contributed by atoms with Crippen LogP contribution in [0.15, 0.2) is 34.1 Å². The van der Waals surface area contributed by atoms with E-state index in [0.29, 0.717) is 37.8 Å². The van der Waals surface area contributed by atoms with Crippen LogP contribution in [0.2, 0.25) is 0 Å². The zero-order valence-corrected chi connectivity index (χ0v) is 21.7. The molecular weight excluding hydrogens is 480 g/mol. The van der Waals surface area contributed by atoms with Gasteiger partial charge in [0.2, 0.25) is 17.6 Å². The summed E-state index contributed by atoms with van der Waals surface area (Å²) in [5.74, 6) is 1.13. The number of amides is 2. The highest BCUT2D eigenvalue weighted by molar-refractivity contribution is 7.10. The van der Waals surface area contributed by atoms with Crippen molar-refractivity contribution in [3.05, 3.63) is 40.3 Å². The van der Waals surface area contributed by atoms with E-state index in [9.17, 15) is 9.59 Å². The molecule has 1 saturated carbocycles. The second-order valence-corrected chi connectivity index (χ2v) is 9.93. The topological polar surface area (TPSA) is 115 Å². The Kier molecular flexibility index (Phi) is 9.23. The molecule has 10 nitrogen and oxygen atoms in total. The number of ether oxygens (including phenoxy) is 1. The third-order valence-corrected chi connectivity index (χ3v) is 7.15. The lowest BCUT2D eigenvalue weighted by molar-refractivity contribution is -0.142. The van der Waals surface area contributed by atoms with Crippen molar-refractivity contribution >= 4 is 23.2 Å². The van der Waals surface area contributed by atoms with Gasteiger partial charge in [0.25, 0.3) is 0 Å². The maximum absolute atomic E-state index is 13.6. The van der Waals surface area contributed by atoms with Gasteiger partial charge in [-0.05, 0) is 61.9 Å². The molecule has 1 fully saturated rings. The molecule has 4 rings (SSSR count). The van der Waals surface area contributed by atoms with Gasteiger partial charge in [0.15, 0.2) is 5.76 Å². The van der Waals surface area contributed by atoms with Crippen LogP contribution in [0, 0.1) is 6.92 Å². The van der Waals surface area contributed by atoms with E-state index in [0.717, 1.165) is 36.3 Å². The standard InChI is InChI=1S/C25H34N6O4S/c1-3-34-15-8-14-30(22(32)17-31-28-24(27-29-31)20-13-12-18(2)35-20)23(21-11-7-16-36-21)25(33)26-19-9-5-4-6-10-19/h7,11-13,16,19,23H,3-6,8-10,14-15,17H2,1-2H3,(H,26,33)/t23-/m0/s1. The minimum absolute atomic E-state index is 0.139. The van der Waals surface area contributed by atoms with Crippen LogP contribution in [0.5, 0.6) is 0 Å². The molecule has 1 N–H and O–H groups in total. The quantitative estimate of drug-likeness (QED) is 0.366. The number of nitrogens with zero attached hydrogens (tertiary/aromatic N) is 5. The number of carbonyl (C=O) groups is 2. The highest BCUT2D eigenvalue weighted by Gasteiger charge is 2.33. The van der Waals surface area contributed by atoms with Gasteiger partial charge >= 0.3 is 0 Å². The smallest absolute Gasteiger partial charge is 0.248 e. The molecule has 3 aromatic rings. The number of carbonyl (C=O) groups excluding carboxylic acids is 2. The molecule has 0 spiro atoms. The first kappa shape index (κ1) is 26.0. The number of aryl methyl sites for hydroxylation is 1. The summed E-state index contributed by atoms with van der Waals surface area (Å²) in [5.41, 5.74) is 0. The van der Waals surface area contributed by atoms with E-state index in [1.807, 2.05) is 37.4 Å². The molecule has 1 atom stereocenters. The average Bonchev–Trinajstić information content (AvgIpc) is 3.64. The molecule has 0 bridgehead atoms. The van der Waals surface area contributed by atoms with E-state index >= 15 is 0 Å². The fraction of sp³-hybridized carbons (Fsp3) is 0.560. The lowest BCUT2D eigenvalue weighted by Crippen LogP contribution is -2.48. The Morgan fingerprint density at radius 1 is 1.28 bits per heavy atom. The van der Waals surface area contributed by atoms with Gasteiger partial charge in [0.1, 0.15) is 18.3 Å². The van der Waals surface area contributed by atoms with Gasteiger partial charge < -0.3 is 19.4 Å². The number of rotatable bonds is 12. The zero-order valence-electron chi connectivity index (χ0n) is 20.9. The Morgan fingerprint density at radius 3 is 2.81 bits per heavy atom. The van der Waals surface area contributed by atoms with Crippen LogP contribution in [0.1, 0.15) is 62.1 Å². The van der Waals surface area contributed by atoms with Gasteiger partial charge in [-0.15, -0.1) is 21.5 Å². The number of furan rings is 1. The molecule has 0 unspecified atom stereocenters. The Morgan fingerprint density at radius 2 is 2.11 bits per heavy atom. The Balaban J connectivity index is 1.54. The maximum Gasteiger partial charge on any atom is 0.248 e. The molecule has 1 aliphatic carbocycles. The molecule has 1 aliphatic rings. The molecule has 0 radical (unpaired) electrons. The van der Waals surface area contributed by atoms with E-state index in [-0.39, 0.29) is 24.4 Å². The number of thiophene rings is 1. The van der Waals surface area contributed by atoms with Crippen molar-refractivity contribution in [2.24, 2.45) is 0 Å². The summed E-state index contributed by atoms with van der Waals surface area (Å²) in [7, 11) is 0. The first-order valence-corrected chi connectivity index (χ1v) is 13.5. The van der Waals surface area contributed by atoms with Crippen LogP contribution < -0.4 is 5.32 Å². The molecule has 3 heterocycles. The van der Waals surface area contributed by atoms with Crippen molar-refractivity contribution in [3.8, 4) is 11.6 Å². The molecule has 0 aliphatic heterocycles. The number of hydrogen-bond donors (Lipinski definition) is 1. The van der Waals surface area contributed by atoms with Crippen LogP contribution >= 0.6 is 11.3 Å². The minimum Gasteiger partial charge on any atom is -0.458 e. The highest BCUT2D eigenvalue weighted by Crippen LogP contribution is 2.28. The highest BCUT2D eigenvalue weighted by atomic mass is 32.1. The number of hydrogen-bond acceptors (Lipinski definition) is 8. The summed E-state index contributed by atoms with van der Waals surface area (Å²) in [4.78, 5) is 30.9. The van der Waals surface area contributed by atoms with Crippen molar-refractivity contribution in [1.82, 2.24) is 30.4 Å². The lowest BCUT2D eigenvalue weighted by atomic mass is 9.95. The van der Waals surface area contributed by atoms with Crippen LogP contribution in [0.25, 0.3) is 11.6 Å². The largest absolute Gasteiger partial charge is 0.458 e. The minimum atomic E-state index is -0.725. The summed E-state index contributed by atoms with van der Waals surface area (Å²) >= 11 is 1.47. The van der Waals surface area contributed by atoms with Gasteiger partial charge in [-0.3, -0.25) is 9.59 Å². The summed E-state index contributed by atoms with van der Waals surface area (Å²) in [6.07, 6.45) is 5.98. The van der Waals surface area contributed by atoms with E-state index in [1.165, 1.54) is 22.6 Å². The molecule has 0 saturated heterocycles. The van der Waals surface area contributed by atoms with Crippen molar-refractivity contribution in [2.45, 2.75) is 71.0 Å². The monoisotopic (exact) mass is 514 g/mol. The number of aromatic nitrogens is 4. The van der Waals surface area contributed by atoms with E-state index in [1.54, 1.807) is 11.0 Å².